The zero-order chi connectivity index (χ0) is 14.0. The fourth-order valence-electron chi connectivity index (χ4n) is 2.17. The third-order valence-electron chi connectivity index (χ3n) is 3.24. The van der Waals surface area contributed by atoms with Crippen LogP contribution in [0, 0.1) is 0 Å². The van der Waals surface area contributed by atoms with Gasteiger partial charge in [0.15, 0.2) is 0 Å². The van der Waals surface area contributed by atoms with Crippen molar-refractivity contribution in [1.29, 1.82) is 0 Å². The smallest absolute Gasteiger partial charge is 0.295 e. The number of para-hydroxylation sites is 2. The monoisotopic (exact) mass is 254 g/mol. The first-order chi connectivity index (χ1) is 9.11. The molecule has 0 spiro atoms. The Labute approximate surface area is 112 Å². The number of fused-ring (bicyclic) bond motifs is 1. The standard InChI is InChI=1S/C16H18N2O/c1-5-9-13(12(3)6-2)18-15-11-8-7-10-14(15)17(4)16(18)19/h5-11H,2H2,1,3-4H3/b9-5-,13-12+. The van der Waals surface area contributed by atoms with Gasteiger partial charge in [-0.15, -0.1) is 0 Å². The molecule has 0 unspecified atom stereocenters. The molecule has 0 amide bonds. The molecule has 0 saturated heterocycles. The van der Waals surface area contributed by atoms with Crippen LogP contribution in [0.1, 0.15) is 13.8 Å². The van der Waals surface area contributed by atoms with E-state index >= 15 is 0 Å². The second-order valence-corrected chi connectivity index (χ2v) is 4.44. The molecule has 2 rings (SSSR count). The summed E-state index contributed by atoms with van der Waals surface area (Å²) < 4.78 is 3.39. The lowest BCUT2D eigenvalue weighted by Crippen LogP contribution is -2.21. The van der Waals surface area contributed by atoms with Crippen molar-refractivity contribution in [2.75, 3.05) is 0 Å². The summed E-state index contributed by atoms with van der Waals surface area (Å²) in [6, 6.07) is 7.78. The third kappa shape index (κ3) is 2.08. The SMILES string of the molecule is C=C/C(C)=C(\C=C/C)n1c(=O)n(C)c2ccccc21. The summed E-state index contributed by atoms with van der Waals surface area (Å²) in [4.78, 5) is 12.4. The van der Waals surface area contributed by atoms with Crippen LogP contribution >= 0.6 is 0 Å². The summed E-state index contributed by atoms with van der Waals surface area (Å²) in [6.45, 7) is 7.68. The molecule has 0 radical (unpaired) electrons. The van der Waals surface area contributed by atoms with Crippen molar-refractivity contribution >= 4 is 16.7 Å². The van der Waals surface area contributed by atoms with E-state index in [1.165, 1.54) is 0 Å². The molecule has 0 aliphatic heterocycles. The van der Waals surface area contributed by atoms with Gasteiger partial charge in [-0.1, -0.05) is 30.9 Å². The van der Waals surface area contributed by atoms with Crippen molar-refractivity contribution in [3.63, 3.8) is 0 Å². The minimum absolute atomic E-state index is 0.0458. The van der Waals surface area contributed by atoms with Crippen LogP contribution in [0.3, 0.4) is 0 Å². The van der Waals surface area contributed by atoms with Crippen LogP contribution in [0.15, 0.2) is 59.4 Å². The quantitative estimate of drug-likeness (QED) is 0.772. The largest absolute Gasteiger partial charge is 0.333 e. The summed E-state index contributed by atoms with van der Waals surface area (Å²) in [5.74, 6) is 0. The van der Waals surface area contributed by atoms with E-state index < -0.39 is 0 Å². The first-order valence-corrected chi connectivity index (χ1v) is 6.24. The van der Waals surface area contributed by atoms with E-state index in [0.29, 0.717) is 0 Å². The van der Waals surface area contributed by atoms with Crippen molar-refractivity contribution in [2.24, 2.45) is 7.05 Å². The lowest BCUT2D eigenvalue weighted by atomic mass is 10.2. The summed E-state index contributed by atoms with van der Waals surface area (Å²) in [6.07, 6.45) is 5.63. The molecule has 0 N–H and O–H groups in total. The molecule has 1 aromatic carbocycles. The average Bonchev–Trinajstić information content (AvgIpc) is 2.68. The highest BCUT2D eigenvalue weighted by Crippen LogP contribution is 2.19. The van der Waals surface area contributed by atoms with Crippen LogP contribution in [-0.2, 0) is 7.05 Å². The molecule has 3 heteroatoms. The maximum absolute atomic E-state index is 12.4. The van der Waals surface area contributed by atoms with E-state index in [2.05, 4.69) is 6.58 Å². The van der Waals surface area contributed by atoms with Gasteiger partial charge < -0.3 is 0 Å². The van der Waals surface area contributed by atoms with E-state index in [-0.39, 0.29) is 5.69 Å². The maximum atomic E-state index is 12.4. The molecule has 0 fully saturated rings. The zero-order valence-electron chi connectivity index (χ0n) is 11.6. The Hall–Kier alpha value is -2.29. The van der Waals surface area contributed by atoms with E-state index in [9.17, 15) is 4.79 Å². The van der Waals surface area contributed by atoms with Crippen LogP contribution < -0.4 is 5.69 Å². The molecule has 0 aliphatic carbocycles. The molecule has 2 aromatic rings. The van der Waals surface area contributed by atoms with E-state index in [4.69, 9.17) is 0 Å². The second kappa shape index (κ2) is 5.14. The Morgan fingerprint density at radius 1 is 1.26 bits per heavy atom. The number of hydrogen-bond donors (Lipinski definition) is 0. The molecule has 0 saturated carbocycles. The van der Waals surface area contributed by atoms with Gasteiger partial charge in [-0.2, -0.15) is 0 Å². The fraction of sp³-hybridized carbons (Fsp3) is 0.188. The first kappa shape index (κ1) is 13.1. The van der Waals surface area contributed by atoms with Crippen LogP contribution in [0.5, 0.6) is 0 Å². The van der Waals surface area contributed by atoms with Gasteiger partial charge in [0, 0.05) is 7.05 Å². The molecule has 3 nitrogen and oxygen atoms in total. The van der Waals surface area contributed by atoms with E-state index in [1.54, 1.807) is 22.3 Å². The van der Waals surface area contributed by atoms with Gasteiger partial charge >= 0.3 is 5.69 Å². The summed E-state index contributed by atoms with van der Waals surface area (Å²) in [5.41, 5.74) is 3.61. The number of imidazole rings is 1. The van der Waals surface area contributed by atoms with E-state index in [1.807, 2.05) is 50.3 Å². The van der Waals surface area contributed by atoms with Gasteiger partial charge in [-0.25, -0.2) is 4.79 Å². The fourth-order valence-corrected chi connectivity index (χ4v) is 2.17. The van der Waals surface area contributed by atoms with Gasteiger partial charge in [-0.05, 0) is 37.6 Å². The van der Waals surface area contributed by atoms with E-state index in [0.717, 1.165) is 22.3 Å². The van der Waals surface area contributed by atoms with Crippen LogP contribution in [-0.4, -0.2) is 9.13 Å². The van der Waals surface area contributed by atoms with Gasteiger partial charge in [0.2, 0.25) is 0 Å². The first-order valence-electron chi connectivity index (χ1n) is 6.24. The van der Waals surface area contributed by atoms with Crippen LogP contribution in [0.4, 0.5) is 0 Å². The van der Waals surface area contributed by atoms with Crippen LogP contribution in [0.2, 0.25) is 0 Å². The number of aromatic nitrogens is 2. The number of hydrogen-bond acceptors (Lipinski definition) is 1. The Balaban J connectivity index is 2.93. The highest BCUT2D eigenvalue weighted by molar-refractivity contribution is 5.82. The lowest BCUT2D eigenvalue weighted by Gasteiger charge is -2.07. The zero-order valence-corrected chi connectivity index (χ0v) is 11.6. The Morgan fingerprint density at radius 2 is 1.89 bits per heavy atom. The highest BCUT2D eigenvalue weighted by atomic mass is 16.1. The van der Waals surface area contributed by atoms with Crippen molar-refractivity contribution < 1.29 is 0 Å². The molecule has 1 heterocycles. The maximum Gasteiger partial charge on any atom is 0.333 e. The minimum atomic E-state index is -0.0458. The third-order valence-corrected chi connectivity index (χ3v) is 3.24. The number of aryl methyl sites for hydroxylation is 1. The highest BCUT2D eigenvalue weighted by Gasteiger charge is 2.12. The predicted molar refractivity (Wildman–Crippen MR) is 81.1 cm³/mol. The van der Waals surface area contributed by atoms with Gasteiger partial charge in [-0.3, -0.25) is 9.13 Å². The summed E-state index contributed by atoms with van der Waals surface area (Å²) in [5, 5.41) is 0. The van der Waals surface area contributed by atoms with Gasteiger partial charge in [0.25, 0.3) is 0 Å². The number of benzene rings is 1. The normalized spacial score (nSPS) is 13.0. The molecule has 1 aromatic heterocycles. The second-order valence-electron chi connectivity index (χ2n) is 4.44. The molecule has 0 atom stereocenters. The minimum Gasteiger partial charge on any atom is -0.295 e. The molecule has 0 bridgehead atoms. The topological polar surface area (TPSA) is 26.9 Å². The molecular formula is C16H18N2O. The van der Waals surface area contributed by atoms with Gasteiger partial charge in [0.05, 0.1) is 16.7 Å². The Kier molecular flexibility index (Phi) is 3.56. The number of allylic oxidation sites excluding steroid dienone is 5. The summed E-state index contributed by atoms with van der Waals surface area (Å²) in [7, 11) is 1.79. The average molecular weight is 254 g/mol. The van der Waals surface area contributed by atoms with Crippen LogP contribution in [0.25, 0.3) is 16.7 Å². The number of rotatable bonds is 3. The molecular weight excluding hydrogens is 236 g/mol. The lowest BCUT2D eigenvalue weighted by molar-refractivity contribution is 0.854. The number of nitrogens with zero attached hydrogens (tertiary/aromatic N) is 2. The molecule has 98 valence electrons. The summed E-state index contributed by atoms with van der Waals surface area (Å²) >= 11 is 0. The van der Waals surface area contributed by atoms with Crippen molar-refractivity contribution in [2.45, 2.75) is 13.8 Å². The Morgan fingerprint density at radius 3 is 2.47 bits per heavy atom. The van der Waals surface area contributed by atoms with Crippen molar-refractivity contribution in [3.05, 3.63) is 65.1 Å². The Bertz CT molecular complexity index is 742. The molecule has 0 aliphatic rings. The van der Waals surface area contributed by atoms with Gasteiger partial charge in [0.1, 0.15) is 0 Å². The van der Waals surface area contributed by atoms with Crippen molar-refractivity contribution in [3.8, 4) is 0 Å². The molecule has 19 heavy (non-hydrogen) atoms. The van der Waals surface area contributed by atoms with Crippen molar-refractivity contribution in [1.82, 2.24) is 9.13 Å². The predicted octanol–water partition coefficient (Wildman–Crippen LogP) is 3.33.